The first-order valence-corrected chi connectivity index (χ1v) is 10.3. The number of aromatic nitrogens is 2. The minimum absolute atomic E-state index is 0.0122. The molecule has 0 aliphatic carbocycles. The van der Waals surface area contributed by atoms with Crippen molar-refractivity contribution in [2.24, 2.45) is 0 Å². The molecule has 2 heterocycles. The highest BCUT2D eigenvalue weighted by Gasteiger charge is 2.40. The molecule has 9 nitrogen and oxygen atoms in total. The molecule has 1 aliphatic heterocycles. The van der Waals surface area contributed by atoms with Gasteiger partial charge in [-0.2, -0.15) is 4.31 Å². The topological polar surface area (TPSA) is 124 Å². The van der Waals surface area contributed by atoms with Crippen LogP contribution in [0.1, 0.15) is 18.2 Å². The van der Waals surface area contributed by atoms with Crippen LogP contribution in [0.25, 0.3) is 0 Å². The van der Waals surface area contributed by atoms with Crippen LogP contribution < -0.4 is 4.90 Å². The Kier molecular flexibility index (Phi) is 5.92. The Morgan fingerprint density at radius 3 is 2.43 bits per heavy atom. The second-order valence-electron chi connectivity index (χ2n) is 6.44. The molecule has 1 aromatic carbocycles. The van der Waals surface area contributed by atoms with E-state index in [1.165, 1.54) is 24.5 Å². The van der Waals surface area contributed by atoms with Gasteiger partial charge in [-0.25, -0.2) is 13.4 Å². The van der Waals surface area contributed by atoms with Gasteiger partial charge in [-0.05, 0) is 24.1 Å². The fourth-order valence-electron chi connectivity index (χ4n) is 3.09. The van der Waals surface area contributed by atoms with Crippen molar-refractivity contribution in [3.8, 4) is 0 Å². The Balaban J connectivity index is 1.84. The number of benzene rings is 1. The number of anilines is 1. The number of carbonyl (C=O) groups is 1. The highest BCUT2D eigenvalue weighted by atomic mass is 32.2. The van der Waals surface area contributed by atoms with E-state index in [4.69, 9.17) is 5.11 Å². The molecule has 0 spiro atoms. The maximum Gasteiger partial charge on any atom is 0.323 e. The quantitative estimate of drug-likeness (QED) is 0.711. The van der Waals surface area contributed by atoms with E-state index in [2.05, 4.69) is 9.97 Å². The number of aryl methyl sites for hydroxylation is 1. The third-order valence-corrected chi connectivity index (χ3v) is 6.65. The third kappa shape index (κ3) is 3.98. The molecule has 0 radical (unpaired) electrons. The second-order valence-corrected chi connectivity index (χ2v) is 8.33. The molecule has 150 valence electrons. The molecule has 28 heavy (non-hydrogen) atoms. The van der Waals surface area contributed by atoms with Crippen LogP contribution in [0, 0.1) is 0 Å². The first-order valence-electron chi connectivity index (χ1n) is 8.87. The van der Waals surface area contributed by atoms with Crippen LogP contribution in [-0.2, 0) is 27.8 Å². The predicted octanol–water partition coefficient (Wildman–Crippen LogP) is 0.495. The number of aliphatic hydroxyl groups is 1. The number of hydrogen-bond donors (Lipinski definition) is 2. The van der Waals surface area contributed by atoms with Crippen LogP contribution in [0.4, 0.5) is 5.82 Å². The summed E-state index contributed by atoms with van der Waals surface area (Å²) in [5.41, 5.74) is 1.40. The first-order chi connectivity index (χ1) is 13.4. The minimum Gasteiger partial charge on any atom is -0.480 e. The Hall–Kier alpha value is -2.56. The van der Waals surface area contributed by atoms with Crippen molar-refractivity contribution in [2.75, 3.05) is 24.5 Å². The molecule has 2 N–H and O–H groups in total. The van der Waals surface area contributed by atoms with Crippen LogP contribution in [-0.4, -0.2) is 64.5 Å². The zero-order chi connectivity index (χ0) is 20.3. The number of hydrogen-bond acceptors (Lipinski definition) is 7. The summed E-state index contributed by atoms with van der Waals surface area (Å²) >= 11 is 0. The van der Waals surface area contributed by atoms with Crippen molar-refractivity contribution in [2.45, 2.75) is 30.9 Å². The lowest BCUT2D eigenvalue weighted by atomic mass is 10.2. The van der Waals surface area contributed by atoms with Crippen molar-refractivity contribution in [1.82, 2.24) is 14.3 Å². The number of carboxylic acids is 1. The van der Waals surface area contributed by atoms with Crippen LogP contribution in [0.2, 0.25) is 0 Å². The van der Waals surface area contributed by atoms with Gasteiger partial charge in [-0.15, -0.1) is 0 Å². The van der Waals surface area contributed by atoms with Crippen LogP contribution >= 0.6 is 0 Å². The molecule has 0 amide bonds. The van der Waals surface area contributed by atoms with Gasteiger partial charge in [0, 0.05) is 19.6 Å². The van der Waals surface area contributed by atoms with E-state index in [1.807, 2.05) is 6.92 Å². The Morgan fingerprint density at radius 1 is 1.18 bits per heavy atom. The third-order valence-electron chi connectivity index (χ3n) is 4.73. The summed E-state index contributed by atoms with van der Waals surface area (Å²) in [6, 6.07) is 5.25. The van der Waals surface area contributed by atoms with E-state index in [1.54, 1.807) is 17.0 Å². The van der Waals surface area contributed by atoms with E-state index < -0.39 is 22.0 Å². The van der Waals surface area contributed by atoms with Gasteiger partial charge >= 0.3 is 5.97 Å². The maximum absolute atomic E-state index is 13.0. The normalized spacial score (nSPS) is 18.2. The van der Waals surface area contributed by atoms with Crippen LogP contribution in [0.3, 0.4) is 0 Å². The van der Waals surface area contributed by atoms with Crippen molar-refractivity contribution in [3.63, 3.8) is 0 Å². The molecule has 3 rings (SSSR count). The molecule has 0 unspecified atom stereocenters. The Morgan fingerprint density at radius 2 is 1.89 bits per heavy atom. The van der Waals surface area contributed by atoms with Gasteiger partial charge in [-0.1, -0.05) is 19.1 Å². The highest BCUT2D eigenvalue weighted by Crippen LogP contribution is 2.24. The number of sulfonamides is 1. The maximum atomic E-state index is 13.0. The van der Waals surface area contributed by atoms with Crippen molar-refractivity contribution >= 4 is 21.8 Å². The summed E-state index contributed by atoms with van der Waals surface area (Å²) in [5, 5.41) is 18.7. The van der Waals surface area contributed by atoms with Crippen molar-refractivity contribution in [3.05, 3.63) is 47.9 Å². The molecule has 1 atom stereocenters. The molecule has 1 saturated heterocycles. The molecule has 1 fully saturated rings. The van der Waals surface area contributed by atoms with Crippen LogP contribution in [0.15, 0.2) is 41.6 Å². The van der Waals surface area contributed by atoms with E-state index in [9.17, 15) is 18.3 Å². The summed E-state index contributed by atoms with van der Waals surface area (Å²) in [4.78, 5) is 21.8. The van der Waals surface area contributed by atoms with Gasteiger partial charge in [0.05, 0.1) is 29.6 Å². The lowest BCUT2D eigenvalue weighted by Crippen LogP contribution is -2.58. The van der Waals surface area contributed by atoms with E-state index in [-0.39, 0.29) is 31.1 Å². The summed E-state index contributed by atoms with van der Waals surface area (Å²) in [5.74, 6) is -0.786. The smallest absolute Gasteiger partial charge is 0.323 e. The van der Waals surface area contributed by atoms with Gasteiger partial charge in [-0.3, -0.25) is 9.78 Å². The van der Waals surface area contributed by atoms with E-state index in [0.717, 1.165) is 16.3 Å². The highest BCUT2D eigenvalue weighted by molar-refractivity contribution is 7.89. The number of piperazine rings is 1. The van der Waals surface area contributed by atoms with Gasteiger partial charge < -0.3 is 15.1 Å². The summed E-state index contributed by atoms with van der Waals surface area (Å²) in [7, 11) is -3.94. The fraction of sp³-hybridized carbons (Fsp3) is 0.389. The molecular weight excluding hydrogens is 384 g/mol. The number of rotatable bonds is 6. The molecule has 1 aliphatic rings. The molecular formula is C18H22N4O5S. The number of nitrogens with zero attached hydrogens (tertiary/aromatic N) is 4. The lowest BCUT2D eigenvalue weighted by Gasteiger charge is -2.38. The fourth-order valence-corrected chi connectivity index (χ4v) is 4.65. The van der Waals surface area contributed by atoms with E-state index in [0.29, 0.717) is 11.5 Å². The van der Waals surface area contributed by atoms with Gasteiger partial charge in [0.25, 0.3) is 0 Å². The monoisotopic (exact) mass is 406 g/mol. The van der Waals surface area contributed by atoms with Gasteiger partial charge in [0.1, 0.15) is 11.9 Å². The summed E-state index contributed by atoms with van der Waals surface area (Å²) in [6.07, 6.45) is 3.63. The predicted molar refractivity (Wildman–Crippen MR) is 101 cm³/mol. The second kappa shape index (κ2) is 8.21. The van der Waals surface area contributed by atoms with Crippen molar-refractivity contribution in [1.29, 1.82) is 0 Å². The molecule has 10 heteroatoms. The summed E-state index contributed by atoms with van der Waals surface area (Å²) < 4.78 is 27.1. The van der Waals surface area contributed by atoms with Crippen LogP contribution in [0.5, 0.6) is 0 Å². The average Bonchev–Trinajstić information content (AvgIpc) is 2.73. The Bertz CT molecular complexity index is 931. The zero-order valence-electron chi connectivity index (χ0n) is 15.4. The van der Waals surface area contributed by atoms with Gasteiger partial charge in [0.2, 0.25) is 10.0 Å². The van der Waals surface area contributed by atoms with Gasteiger partial charge in [0.15, 0.2) is 0 Å². The van der Waals surface area contributed by atoms with Crippen molar-refractivity contribution < 1.29 is 23.4 Å². The molecule has 0 saturated carbocycles. The van der Waals surface area contributed by atoms with E-state index >= 15 is 0 Å². The lowest BCUT2D eigenvalue weighted by molar-refractivity contribution is -0.141. The minimum atomic E-state index is -3.94. The molecule has 1 aromatic heterocycles. The molecule has 2 aromatic rings. The number of carboxylic acid groups (broad SMARTS) is 1. The summed E-state index contributed by atoms with van der Waals surface area (Å²) in [6.45, 7) is 1.98. The largest absolute Gasteiger partial charge is 0.480 e. The Labute approximate surface area is 163 Å². The average molecular weight is 406 g/mol. The number of aliphatic carboxylic acids is 1. The first kappa shape index (κ1) is 20.2. The molecule has 0 bridgehead atoms. The SMILES string of the molecule is CCc1ccc(S(=O)(=O)N2CCN(c3cnc(CO)cn3)C[C@@H]2C(=O)O)cc1. The number of aliphatic hydroxyl groups excluding tert-OH is 1. The zero-order valence-corrected chi connectivity index (χ0v) is 16.2. The standard InChI is InChI=1S/C18H22N4O5S/c1-2-13-3-5-15(6-4-13)28(26,27)22-8-7-21(11-16(22)18(24)25)17-10-19-14(12-23)9-20-17/h3-6,9-10,16,23H,2,7-8,11-12H2,1H3,(H,24,25)/t16-/m1/s1.